The van der Waals surface area contributed by atoms with Gasteiger partial charge in [0.25, 0.3) is 0 Å². The molecule has 0 radical (unpaired) electrons. The smallest absolute Gasteiger partial charge is 0.326 e. The molecule has 106 valence electrons. The lowest BCUT2D eigenvalue weighted by Crippen LogP contribution is -2.45. The van der Waals surface area contributed by atoms with Crippen LogP contribution in [0.15, 0.2) is 28.7 Å². The lowest BCUT2D eigenvalue weighted by molar-refractivity contribution is -0.149. The van der Waals surface area contributed by atoms with Gasteiger partial charge in [0, 0.05) is 11.0 Å². The fourth-order valence-electron chi connectivity index (χ4n) is 3.06. The van der Waals surface area contributed by atoms with Crippen molar-refractivity contribution in [1.82, 2.24) is 4.90 Å². The maximum Gasteiger partial charge on any atom is 0.326 e. The molecule has 0 bridgehead atoms. The van der Waals surface area contributed by atoms with E-state index in [0.29, 0.717) is 13.0 Å². The van der Waals surface area contributed by atoms with Crippen LogP contribution in [0.5, 0.6) is 0 Å². The Morgan fingerprint density at radius 3 is 2.45 bits per heavy atom. The predicted molar refractivity (Wildman–Crippen MR) is 77.4 cm³/mol. The summed E-state index contributed by atoms with van der Waals surface area (Å²) in [5.74, 6) is -0.896. The van der Waals surface area contributed by atoms with Gasteiger partial charge in [0.15, 0.2) is 0 Å². The third kappa shape index (κ3) is 2.14. The normalized spacial score (nSPS) is 23.6. The zero-order valence-corrected chi connectivity index (χ0v) is 12.6. The molecule has 1 N–H and O–H groups in total. The Hall–Kier alpha value is -1.36. The quantitative estimate of drug-likeness (QED) is 0.922. The van der Waals surface area contributed by atoms with Crippen molar-refractivity contribution in [3.63, 3.8) is 0 Å². The van der Waals surface area contributed by atoms with E-state index in [0.717, 1.165) is 29.3 Å². The van der Waals surface area contributed by atoms with E-state index in [2.05, 4.69) is 15.9 Å². The lowest BCUT2D eigenvalue weighted by atomic mass is 9.94. The summed E-state index contributed by atoms with van der Waals surface area (Å²) in [5.41, 5.74) is 0.528. The molecule has 0 aromatic heterocycles. The van der Waals surface area contributed by atoms with Gasteiger partial charge in [-0.3, -0.25) is 4.79 Å². The summed E-state index contributed by atoms with van der Waals surface area (Å²) in [6.07, 6.45) is 2.98. The molecule has 1 saturated heterocycles. The summed E-state index contributed by atoms with van der Waals surface area (Å²) in [5, 5.41) is 9.23. The standard InChI is InChI=1S/C15H16BrNO3/c16-11-5-3-10(4-6-11)15(7-8-15)14(20)17-9-1-2-12(17)13(18)19/h3-6,12H,1-2,7-9H2,(H,18,19)/t12-/m0/s1. The second-order valence-corrected chi connectivity index (χ2v) is 6.50. The molecular formula is C15H16BrNO3. The Morgan fingerprint density at radius 1 is 1.25 bits per heavy atom. The molecule has 1 saturated carbocycles. The van der Waals surface area contributed by atoms with Crippen molar-refractivity contribution >= 4 is 27.8 Å². The van der Waals surface area contributed by atoms with Gasteiger partial charge in [-0.15, -0.1) is 0 Å². The number of benzene rings is 1. The summed E-state index contributed by atoms with van der Waals surface area (Å²) in [6.45, 7) is 0.564. The number of halogens is 1. The summed E-state index contributed by atoms with van der Waals surface area (Å²) in [4.78, 5) is 25.6. The van der Waals surface area contributed by atoms with Crippen molar-refractivity contribution in [2.75, 3.05) is 6.54 Å². The number of hydrogen-bond acceptors (Lipinski definition) is 2. The highest BCUT2D eigenvalue weighted by Crippen LogP contribution is 2.50. The van der Waals surface area contributed by atoms with E-state index in [1.54, 1.807) is 4.90 Å². The Balaban J connectivity index is 1.86. The molecule has 20 heavy (non-hydrogen) atoms. The third-order valence-corrected chi connectivity index (χ3v) is 4.88. The van der Waals surface area contributed by atoms with E-state index >= 15 is 0 Å². The van der Waals surface area contributed by atoms with Gasteiger partial charge in [-0.05, 0) is 43.4 Å². The maximum absolute atomic E-state index is 12.8. The van der Waals surface area contributed by atoms with Crippen molar-refractivity contribution in [1.29, 1.82) is 0 Å². The molecular weight excluding hydrogens is 322 g/mol. The maximum atomic E-state index is 12.8. The summed E-state index contributed by atoms with van der Waals surface area (Å²) < 4.78 is 0.981. The zero-order chi connectivity index (χ0) is 14.3. The summed E-state index contributed by atoms with van der Waals surface area (Å²) in [6, 6.07) is 7.14. The van der Waals surface area contributed by atoms with Crippen molar-refractivity contribution < 1.29 is 14.7 Å². The molecule has 1 heterocycles. The Kier molecular flexibility index (Phi) is 3.32. The molecule has 0 unspecified atom stereocenters. The van der Waals surface area contributed by atoms with Gasteiger partial charge >= 0.3 is 5.97 Å². The van der Waals surface area contributed by atoms with Crippen molar-refractivity contribution in [2.45, 2.75) is 37.1 Å². The molecule has 3 rings (SSSR count). The van der Waals surface area contributed by atoms with Crippen LogP contribution in [0.2, 0.25) is 0 Å². The topological polar surface area (TPSA) is 57.6 Å². The highest BCUT2D eigenvalue weighted by atomic mass is 79.9. The first-order chi connectivity index (χ1) is 9.54. The van der Waals surface area contributed by atoms with Gasteiger partial charge in [0.05, 0.1) is 5.41 Å². The first-order valence-electron chi connectivity index (χ1n) is 6.84. The van der Waals surface area contributed by atoms with E-state index in [-0.39, 0.29) is 5.91 Å². The van der Waals surface area contributed by atoms with Crippen LogP contribution in [-0.2, 0) is 15.0 Å². The third-order valence-electron chi connectivity index (χ3n) is 4.35. The number of amides is 1. The second-order valence-electron chi connectivity index (χ2n) is 5.58. The van der Waals surface area contributed by atoms with Crippen LogP contribution in [0, 0.1) is 0 Å². The van der Waals surface area contributed by atoms with Crippen LogP contribution in [0.3, 0.4) is 0 Å². The SMILES string of the molecule is O=C(O)[C@@H]1CCCN1C(=O)C1(c2ccc(Br)cc2)CC1. The minimum atomic E-state index is -0.887. The number of rotatable bonds is 3. The van der Waals surface area contributed by atoms with Gasteiger partial charge in [0.2, 0.25) is 5.91 Å². The van der Waals surface area contributed by atoms with E-state index in [1.165, 1.54) is 0 Å². The van der Waals surface area contributed by atoms with E-state index < -0.39 is 17.4 Å². The largest absolute Gasteiger partial charge is 0.480 e. The van der Waals surface area contributed by atoms with E-state index in [9.17, 15) is 14.7 Å². The zero-order valence-electron chi connectivity index (χ0n) is 11.0. The molecule has 5 heteroatoms. The Bertz CT molecular complexity index is 551. The minimum absolute atomic E-state index is 0.00952. The van der Waals surface area contributed by atoms with Crippen molar-refractivity contribution in [3.05, 3.63) is 34.3 Å². The number of likely N-dealkylation sites (tertiary alicyclic amines) is 1. The average molecular weight is 338 g/mol. The molecule has 1 aromatic carbocycles. The Morgan fingerprint density at radius 2 is 1.90 bits per heavy atom. The summed E-state index contributed by atoms with van der Waals surface area (Å²) in [7, 11) is 0. The highest BCUT2D eigenvalue weighted by Gasteiger charge is 2.55. The number of hydrogen-bond donors (Lipinski definition) is 1. The molecule has 1 atom stereocenters. The molecule has 2 fully saturated rings. The minimum Gasteiger partial charge on any atom is -0.480 e. The second kappa shape index (κ2) is 4.88. The number of carboxylic acids is 1. The van der Waals surface area contributed by atoms with Crippen LogP contribution < -0.4 is 0 Å². The van der Waals surface area contributed by atoms with E-state index in [4.69, 9.17) is 0 Å². The molecule has 2 aliphatic rings. The molecule has 1 amide bonds. The first kappa shape index (κ1) is 13.6. The highest BCUT2D eigenvalue weighted by molar-refractivity contribution is 9.10. The number of nitrogens with zero attached hydrogens (tertiary/aromatic N) is 1. The van der Waals surface area contributed by atoms with E-state index in [1.807, 2.05) is 24.3 Å². The number of carboxylic acid groups (broad SMARTS) is 1. The van der Waals surface area contributed by atoms with Gasteiger partial charge in [-0.1, -0.05) is 28.1 Å². The molecule has 1 aliphatic heterocycles. The lowest BCUT2D eigenvalue weighted by Gasteiger charge is -2.27. The van der Waals surface area contributed by atoms with Crippen molar-refractivity contribution in [3.8, 4) is 0 Å². The number of carbonyl (C=O) groups excluding carboxylic acids is 1. The molecule has 4 nitrogen and oxygen atoms in total. The van der Waals surface area contributed by atoms with Crippen LogP contribution in [0.1, 0.15) is 31.2 Å². The van der Waals surface area contributed by atoms with Crippen molar-refractivity contribution in [2.24, 2.45) is 0 Å². The van der Waals surface area contributed by atoms with Gasteiger partial charge in [0.1, 0.15) is 6.04 Å². The van der Waals surface area contributed by atoms with Crippen LogP contribution in [0.25, 0.3) is 0 Å². The van der Waals surface area contributed by atoms with Gasteiger partial charge in [-0.2, -0.15) is 0 Å². The fourth-order valence-corrected chi connectivity index (χ4v) is 3.33. The average Bonchev–Trinajstić information content (AvgIpc) is 3.08. The predicted octanol–water partition coefficient (Wildman–Crippen LogP) is 2.56. The number of aliphatic carboxylic acids is 1. The van der Waals surface area contributed by atoms with Crippen LogP contribution >= 0.6 is 15.9 Å². The number of carbonyl (C=O) groups is 2. The molecule has 1 aromatic rings. The molecule has 1 aliphatic carbocycles. The summed E-state index contributed by atoms with van der Waals surface area (Å²) >= 11 is 3.39. The monoisotopic (exact) mass is 337 g/mol. The van der Waals surface area contributed by atoms with Gasteiger partial charge in [-0.25, -0.2) is 4.79 Å². The van der Waals surface area contributed by atoms with Gasteiger partial charge < -0.3 is 10.0 Å². The molecule has 0 spiro atoms. The fraction of sp³-hybridized carbons (Fsp3) is 0.467. The van der Waals surface area contributed by atoms with Crippen LogP contribution in [-0.4, -0.2) is 34.5 Å². The Labute approximate surface area is 125 Å². The first-order valence-corrected chi connectivity index (χ1v) is 7.64. The van der Waals surface area contributed by atoms with Crippen LogP contribution in [0.4, 0.5) is 0 Å².